The van der Waals surface area contributed by atoms with Crippen LogP contribution in [0.5, 0.6) is 0 Å². The quantitative estimate of drug-likeness (QED) is 0.404. The fourth-order valence-electron chi connectivity index (χ4n) is 1.64. The number of para-hydroxylation sites is 2. The molecule has 0 aliphatic heterocycles. The fourth-order valence-corrected chi connectivity index (χ4v) is 3.56. The van der Waals surface area contributed by atoms with Crippen LogP contribution >= 0.6 is 39.0 Å². The third-order valence-electron chi connectivity index (χ3n) is 2.58. The molecule has 112 valence electrons. The molecule has 2 heterocycles. The minimum Gasteiger partial charge on any atom is -0.431 e. The first-order chi connectivity index (χ1) is 10.7. The second-order valence-corrected chi connectivity index (χ2v) is 7.59. The number of hydrogen-bond acceptors (Lipinski definition) is 6. The molecule has 8 heteroatoms. The molecule has 0 spiro atoms. The van der Waals surface area contributed by atoms with Gasteiger partial charge in [-0.3, -0.25) is 4.79 Å². The number of benzene rings is 1. The van der Waals surface area contributed by atoms with Gasteiger partial charge in [0.25, 0.3) is 11.1 Å². The van der Waals surface area contributed by atoms with Crippen LogP contribution in [0.15, 0.2) is 54.9 Å². The Labute approximate surface area is 142 Å². The van der Waals surface area contributed by atoms with Crippen molar-refractivity contribution in [1.29, 1.82) is 0 Å². The Kier molecular flexibility index (Phi) is 4.91. The van der Waals surface area contributed by atoms with Gasteiger partial charge in [-0.05, 0) is 40.2 Å². The lowest BCUT2D eigenvalue weighted by Crippen LogP contribution is -2.19. The number of rotatable bonds is 5. The first-order valence-corrected chi connectivity index (χ1v) is 8.86. The minimum atomic E-state index is -0.209. The van der Waals surface area contributed by atoms with Crippen molar-refractivity contribution in [2.75, 3.05) is 5.75 Å². The molecular weight excluding hydrogens is 386 g/mol. The van der Waals surface area contributed by atoms with E-state index in [9.17, 15) is 4.79 Å². The standard InChI is InChI=1S/C14H10BrN3O2S2/c15-12-6-5-9(22-12)7-16-18-13(19)8-21-14-17-10-3-1-2-4-11(10)20-14/h1-7H,8H2,(H,18,19). The number of nitrogens with zero attached hydrogens (tertiary/aromatic N) is 2. The lowest BCUT2D eigenvalue weighted by atomic mass is 10.3. The molecule has 1 aromatic carbocycles. The summed E-state index contributed by atoms with van der Waals surface area (Å²) in [6.45, 7) is 0. The molecule has 0 fully saturated rings. The number of hydrazone groups is 1. The maximum absolute atomic E-state index is 11.7. The van der Waals surface area contributed by atoms with Crippen molar-refractivity contribution in [3.05, 3.63) is 45.1 Å². The summed E-state index contributed by atoms with van der Waals surface area (Å²) < 4.78 is 6.55. The van der Waals surface area contributed by atoms with Gasteiger partial charge in [0, 0.05) is 4.88 Å². The maximum atomic E-state index is 11.7. The highest BCUT2D eigenvalue weighted by atomic mass is 79.9. The van der Waals surface area contributed by atoms with Crippen molar-refractivity contribution < 1.29 is 9.21 Å². The van der Waals surface area contributed by atoms with Crippen LogP contribution in [-0.4, -0.2) is 22.9 Å². The number of carbonyl (C=O) groups is 1. The van der Waals surface area contributed by atoms with Crippen molar-refractivity contribution >= 4 is 62.3 Å². The maximum Gasteiger partial charge on any atom is 0.257 e. The summed E-state index contributed by atoms with van der Waals surface area (Å²) in [6, 6.07) is 11.3. The van der Waals surface area contributed by atoms with Gasteiger partial charge in [0.05, 0.1) is 15.8 Å². The Morgan fingerprint density at radius 1 is 1.41 bits per heavy atom. The van der Waals surface area contributed by atoms with Crippen molar-refractivity contribution in [2.24, 2.45) is 5.10 Å². The molecule has 3 rings (SSSR count). The first-order valence-electron chi connectivity index (χ1n) is 6.26. The van der Waals surface area contributed by atoms with Gasteiger partial charge in [-0.25, -0.2) is 10.4 Å². The van der Waals surface area contributed by atoms with Gasteiger partial charge >= 0.3 is 0 Å². The second-order valence-electron chi connectivity index (χ2n) is 4.17. The topological polar surface area (TPSA) is 67.5 Å². The molecule has 0 saturated carbocycles. The molecule has 1 amide bonds. The summed E-state index contributed by atoms with van der Waals surface area (Å²) in [5.74, 6) is -0.0164. The second kappa shape index (κ2) is 7.08. The normalized spacial score (nSPS) is 11.3. The average Bonchev–Trinajstić information content (AvgIpc) is 3.11. The van der Waals surface area contributed by atoms with Crippen LogP contribution in [0.3, 0.4) is 0 Å². The lowest BCUT2D eigenvalue weighted by Gasteiger charge is -1.96. The van der Waals surface area contributed by atoms with Crippen molar-refractivity contribution in [3.8, 4) is 0 Å². The molecule has 0 atom stereocenters. The molecule has 0 aliphatic carbocycles. The number of amides is 1. The van der Waals surface area contributed by atoms with Crippen LogP contribution in [0, 0.1) is 0 Å². The van der Waals surface area contributed by atoms with Crippen molar-refractivity contribution in [2.45, 2.75) is 5.22 Å². The molecular formula is C14H10BrN3O2S2. The lowest BCUT2D eigenvalue weighted by molar-refractivity contribution is -0.118. The predicted molar refractivity (Wildman–Crippen MR) is 92.5 cm³/mol. The Balaban J connectivity index is 1.50. The zero-order valence-corrected chi connectivity index (χ0v) is 14.4. The molecule has 0 bridgehead atoms. The number of fused-ring (bicyclic) bond motifs is 1. The van der Waals surface area contributed by atoms with Gasteiger partial charge in [0.1, 0.15) is 5.52 Å². The van der Waals surface area contributed by atoms with Gasteiger partial charge in [-0.2, -0.15) is 5.10 Å². The third kappa shape index (κ3) is 3.96. The fraction of sp³-hybridized carbons (Fsp3) is 0.0714. The number of carbonyl (C=O) groups excluding carboxylic acids is 1. The van der Waals surface area contributed by atoms with E-state index in [1.807, 2.05) is 36.4 Å². The Bertz CT molecular complexity index is 795. The summed E-state index contributed by atoms with van der Waals surface area (Å²) in [5.41, 5.74) is 3.97. The molecule has 0 radical (unpaired) electrons. The number of halogens is 1. The highest BCUT2D eigenvalue weighted by molar-refractivity contribution is 9.11. The number of thioether (sulfide) groups is 1. The number of nitrogens with one attached hydrogen (secondary N) is 1. The molecule has 3 aromatic rings. The molecule has 22 heavy (non-hydrogen) atoms. The first kappa shape index (κ1) is 15.3. The molecule has 5 nitrogen and oxygen atoms in total. The third-order valence-corrected chi connectivity index (χ3v) is 4.96. The van der Waals surface area contributed by atoms with Gasteiger partial charge in [-0.1, -0.05) is 23.9 Å². The molecule has 0 saturated heterocycles. The Hall–Kier alpha value is -1.64. The van der Waals surface area contributed by atoms with E-state index in [0.717, 1.165) is 14.2 Å². The molecule has 0 unspecified atom stereocenters. The van der Waals surface area contributed by atoms with Crippen LogP contribution in [0.25, 0.3) is 11.1 Å². The van der Waals surface area contributed by atoms with E-state index >= 15 is 0 Å². The van der Waals surface area contributed by atoms with Crippen molar-refractivity contribution in [1.82, 2.24) is 10.4 Å². The van der Waals surface area contributed by atoms with Crippen LogP contribution < -0.4 is 5.43 Å². The van der Waals surface area contributed by atoms with E-state index in [1.165, 1.54) is 23.1 Å². The van der Waals surface area contributed by atoms with E-state index in [2.05, 4.69) is 31.4 Å². The SMILES string of the molecule is O=C(CSc1nc2ccccc2o1)NN=Cc1ccc(Br)s1. The summed E-state index contributed by atoms with van der Waals surface area (Å²) in [5, 5.41) is 4.39. The largest absolute Gasteiger partial charge is 0.431 e. The molecule has 0 aliphatic rings. The summed E-state index contributed by atoms with van der Waals surface area (Å²) >= 11 is 6.14. The zero-order valence-electron chi connectivity index (χ0n) is 11.2. The highest BCUT2D eigenvalue weighted by Crippen LogP contribution is 2.23. The predicted octanol–water partition coefficient (Wildman–Crippen LogP) is 3.89. The van der Waals surface area contributed by atoms with Gasteiger partial charge < -0.3 is 4.42 Å². The summed E-state index contributed by atoms with van der Waals surface area (Å²) in [6.07, 6.45) is 1.61. The number of hydrogen-bond donors (Lipinski definition) is 1. The van der Waals surface area contributed by atoms with Gasteiger partial charge in [0.2, 0.25) is 0 Å². The van der Waals surface area contributed by atoms with Crippen LogP contribution in [0.2, 0.25) is 0 Å². The van der Waals surface area contributed by atoms with Crippen LogP contribution in [0.1, 0.15) is 4.88 Å². The molecule has 2 aromatic heterocycles. The highest BCUT2D eigenvalue weighted by Gasteiger charge is 2.08. The Morgan fingerprint density at radius 2 is 2.27 bits per heavy atom. The number of thiophene rings is 1. The summed E-state index contributed by atoms with van der Waals surface area (Å²) in [7, 11) is 0. The monoisotopic (exact) mass is 395 g/mol. The average molecular weight is 396 g/mol. The van der Waals surface area contributed by atoms with E-state index in [4.69, 9.17) is 4.42 Å². The number of oxazole rings is 1. The summed E-state index contributed by atoms with van der Waals surface area (Å²) in [4.78, 5) is 17.0. The van der Waals surface area contributed by atoms with E-state index in [1.54, 1.807) is 6.21 Å². The van der Waals surface area contributed by atoms with Gasteiger partial charge in [0.15, 0.2) is 5.58 Å². The molecule has 1 N–H and O–H groups in total. The zero-order chi connectivity index (χ0) is 15.4. The Morgan fingerprint density at radius 3 is 3.05 bits per heavy atom. The minimum absolute atomic E-state index is 0.193. The van der Waals surface area contributed by atoms with E-state index in [0.29, 0.717) is 10.8 Å². The van der Waals surface area contributed by atoms with Gasteiger partial charge in [-0.15, -0.1) is 11.3 Å². The smallest absolute Gasteiger partial charge is 0.257 e. The number of aromatic nitrogens is 1. The van der Waals surface area contributed by atoms with Crippen LogP contribution in [-0.2, 0) is 4.79 Å². The van der Waals surface area contributed by atoms with Crippen LogP contribution in [0.4, 0.5) is 0 Å². The van der Waals surface area contributed by atoms with E-state index < -0.39 is 0 Å². The van der Waals surface area contributed by atoms with E-state index in [-0.39, 0.29) is 11.7 Å². The van der Waals surface area contributed by atoms with Crippen molar-refractivity contribution in [3.63, 3.8) is 0 Å².